The van der Waals surface area contributed by atoms with Crippen LogP contribution in [0, 0.1) is 0 Å². The van der Waals surface area contributed by atoms with E-state index >= 15 is 0 Å². The fourth-order valence-electron chi connectivity index (χ4n) is 4.24. The molecule has 8 heteroatoms. The van der Waals surface area contributed by atoms with Crippen LogP contribution in [0.25, 0.3) is 0 Å². The average molecular weight is 417 g/mol. The summed E-state index contributed by atoms with van der Waals surface area (Å²) in [6, 6.07) is 8.66. The summed E-state index contributed by atoms with van der Waals surface area (Å²) in [5.74, 6) is 3.39. The number of benzene rings is 1. The van der Waals surface area contributed by atoms with E-state index in [2.05, 4.69) is 43.3 Å². The first-order valence-corrected chi connectivity index (χ1v) is 10.9. The summed E-state index contributed by atoms with van der Waals surface area (Å²) in [5, 5.41) is 3.51. The quantitative estimate of drug-likeness (QED) is 0.681. The minimum atomic E-state index is 0.758. The first-order chi connectivity index (χ1) is 15.2. The Kier molecular flexibility index (Phi) is 5.28. The van der Waals surface area contributed by atoms with Crippen LogP contribution in [0.1, 0.15) is 17.5 Å². The Morgan fingerprint density at radius 2 is 1.71 bits per heavy atom. The van der Waals surface area contributed by atoms with Crippen molar-refractivity contribution in [3.63, 3.8) is 0 Å². The molecule has 2 aliphatic rings. The molecule has 8 nitrogen and oxygen atoms in total. The third kappa shape index (κ3) is 4.23. The maximum absolute atomic E-state index is 4.86. The molecule has 31 heavy (non-hydrogen) atoms. The SMILES string of the molecule is CN(C)c1cc(Nc2ccc3c(c2)CCC3)nc(N2CCN(c3cnccn3)CC2)n1. The Labute approximate surface area is 183 Å². The molecule has 5 rings (SSSR count). The lowest BCUT2D eigenvalue weighted by Gasteiger charge is -2.35. The molecule has 1 aromatic carbocycles. The van der Waals surface area contributed by atoms with Crippen molar-refractivity contribution >= 4 is 29.1 Å². The number of rotatable bonds is 5. The molecule has 0 amide bonds. The summed E-state index contributed by atoms with van der Waals surface area (Å²) < 4.78 is 0. The van der Waals surface area contributed by atoms with E-state index in [1.54, 1.807) is 12.4 Å². The predicted octanol–water partition coefficient (Wildman–Crippen LogP) is 2.89. The van der Waals surface area contributed by atoms with Crippen molar-refractivity contribution in [2.75, 3.05) is 60.3 Å². The van der Waals surface area contributed by atoms with Gasteiger partial charge in [-0.1, -0.05) is 6.07 Å². The van der Waals surface area contributed by atoms with Gasteiger partial charge in [-0.05, 0) is 42.5 Å². The fraction of sp³-hybridized carbons (Fsp3) is 0.391. The molecule has 0 atom stereocenters. The van der Waals surface area contributed by atoms with Gasteiger partial charge in [0.1, 0.15) is 17.5 Å². The van der Waals surface area contributed by atoms with Crippen LogP contribution < -0.4 is 20.0 Å². The Hall–Kier alpha value is -3.42. The van der Waals surface area contributed by atoms with E-state index in [1.807, 2.05) is 31.3 Å². The summed E-state index contributed by atoms with van der Waals surface area (Å²) in [4.78, 5) is 24.8. The number of hydrogen-bond acceptors (Lipinski definition) is 8. The van der Waals surface area contributed by atoms with Gasteiger partial charge < -0.3 is 20.0 Å². The van der Waals surface area contributed by atoms with Gasteiger partial charge in [0.15, 0.2) is 0 Å². The molecule has 1 aliphatic carbocycles. The van der Waals surface area contributed by atoms with Gasteiger partial charge >= 0.3 is 0 Å². The van der Waals surface area contributed by atoms with E-state index in [0.717, 1.165) is 55.3 Å². The third-order valence-corrected chi connectivity index (χ3v) is 5.97. The van der Waals surface area contributed by atoms with Crippen molar-refractivity contribution in [1.29, 1.82) is 0 Å². The lowest BCUT2D eigenvalue weighted by atomic mass is 10.1. The number of nitrogens with zero attached hydrogens (tertiary/aromatic N) is 7. The molecule has 3 heterocycles. The van der Waals surface area contributed by atoms with Crippen molar-refractivity contribution in [2.24, 2.45) is 0 Å². The molecule has 1 fully saturated rings. The zero-order chi connectivity index (χ0) is 21.2. The van der Waals surface area contributed by atoms with Gasteiger partial charge in [-0.3, -0.25) is 4.98 Å². The van der Waals surface area contributed by atoms with Crippen LogP contribution in [0.2, 0.25) is 0 Å². The predicted molar refractivity (Wildman–Crippen MR) is 125 cm³/mol. The molecule has 0 saturated carbocycles. The molecule has 160 valence electrons. The highest BCUT2D eigenvalue weighted by Crippen LogP contribution is 2.28. The number of piperazine rings is 1. The maximum atomic E-state index is 4.86. The minimum absolute atomic E-state index is 0.758. The molecule has 1 N–H and O–H groups in total. The van der Waals surface area contributed by atoms with Crippen LogP contribution >= 0.6 is 0 Å². The number of anilines is 5. The topological polar surface area (TPSA) is 73.3 Å². The largest absolute Gasteiger partial charge is 0.363 e. The number of nitrogens with one attached hydrogen (secondary N) is 1. The molecule has 3 aromatic rings. The summed E-state index contributed by atoms with van der Waals surface area (Å²) in [7, 11) is 4.02. The minimum Gasteiger partial charge on any atom is -0.363 e. The summed E-state index contributed by atoms with van der Waals surface area (Å²) in [6.07, 6.45) is 8.87. The van der Waals surface area contributed by atoms with Crippen molar-refractivity contribution in [2.45, 2.75) is 19.3 Å². The lowest BCUT2D eigenvalue weighted by Crippen LogP contribution is -2.47. The van der Waals surface area contributed by atoms with Crippen molar-refractivity contribution in [1.82, 2.24) is 19.9 Å². The molecule has 0 unspecified atom stereocenters. The summed E-state index contributed by atoms with van der Waals surface area (Å²) >= 11 is 0. The highest BCUT2D eigenvalue weighted by molar-refractivity contribution is 5.63. The molecule has 1 saturated heterocycles. The second-order valence-electron chi connectivity index (χ2n) is 8.31. The van der Waals surface area contributed by atoms with E-state index in [1.165, 1.54) is 30.4 Å². The second-order valence-corrected chi connectivity index (χ2v) is 8.31. The molecule has 0 bridgehead atoms. The zero-order valence-corrected chi connectivity index (χ0v) is 18.1. The number of fused-ring (bicyclic) bond motifs is 1. The van der Waals surface area contributed by atoms with Crippen LogP contribution in [-0.4, -0.2) is 60.2 Å². The van der Waals surface area contributed by atoms with Gasteiger partial charge in [0.25, 0.3) is 0 Å². The van der Waals surface area contributed by atoms with E-state index in [4.69, 9.17) is 9.97 Å². The van der Waals surface area contributed by atoms with Crippen LogP contribution in [-0.2, 0) is 12.8 Å². The highest BCUT2D eigenvalue weighted by Gasteiger charge is 2.21. The van der Waals surface area contributed by atoms with Gasteiger partial charge in [-0.25, -0.2) is 4.98 Å². The average Bonchev–Trinajstić information content (AvgIpc) is 3.27. The molecule has 1 aliphatic heterocycles. The second kappa shape index (κ2) is 8.37. The summed E-state index contributed by atoms with van der Waals surface area (Å²) in [5.41, 5.74) is 4.01. The number of aryl methyl sites for hydroxylation is 2. The Balaban J connectivity index is 1.35. The molecule has 0 radical (unpaired) electrons. The Morgan fingerprint density at radius 3 is 2.48 bits per heavy atom. The Morgan fingerprint density at radius 1 is 0.903 bits per heavy atom. The molecular weight excluding hydrogens is 388 g/mol. The smallest absolute Gasteiger partial charge is 0.229 e. The van der Waals surface area contributed by atoms with Crippen LogP contribution in [0.4, 0.5) is 29.1 Å². The van der Waals surface area contributed by atoms with Gasteiger partial charge in [-0.2, -0.15) is 9.97 Å². The van der Waals surface area contributed by atoms with Gasteiger partial charge in [0.2, 0.25) is 5.95 Å². The lowest BCUT2D eigenvalue weighted by molar-refractivity contribution is 0.634. The van der Waals surface area contributed by atoms with Gasteiger partial charge in [0.05, 0.1) is 6.20 Å². The normalized spacial score (nSPS) is 15.7. The Bertz CT molecular complexity index is 1040. The fourth-order valence-corrected chi connectivity index (χ4v) is 4.24. The molecule has 0 spiro atoms. The first-order valence-electron chi connectivity index (χ1n) is 10.9. The highest BCUT2D eigenvalue weighted by atomic mass is 15.4. The zero-order valence-electron chi connectivity index (χ0n) is 18.1. The monoisotopic (exact) mass is 416 g/mol. The number of hydrogen-bond donors (Lipinski definition) is 1. The number of aromatic nitrogens is 4. The van der Waals surface area contributed by atoms with E-state index < -0.39 is 0 Å². The first kappa shape index (κ1) is 19.5. The van der Waals surface area contributed by atoms with Crippen molar-refractivity contribution < 1.29 is 0 Å². The van der Waals surface area contributed by atoms with Gasteiger partial charge in [-0.15, -0.1) is 0 Å². The third-order valence-electron chi connectivity index (χ3n) is 5.97. The van der Waals surface area contributed by atoms with Crippen LogP contribution in [0.3, 0.4) is 0 Å². The van der Waals surface area contributed by atoms with Crippen molar-refractivity contribution in [3.05, 3.63) is 54.0 Å². The molecule has 2 aromatic heterocycles. The maximum Gasteiger partial charge on any atom is 0.229 e. The van der Waals surface area contributed by atoms with E-state index in [-0.39, 0.29) is 0 Å². The van der Waals surface area contributed by atoms with Gasteiger partial charge in [0, 0.05) is 64.4 Å². The van der Waals surface area contributed by atoms with Crippen LogP contribution in [0.15, 0.2) is 42.9 Å². The van der Waals surface area contributed by atoms with E-state index in [0.29, 0.717) is 0 Å². The van der Waals surface area contributed by atoms with Crippen LogP contribution in [0.5, 0.6) is 0 Å². The molecular formula is C23H28N8. The van der Waals surface area contributed by atoms with Crippen molar-refractivity contribution in [3.8, 4) is 0 Å². The van der Waals surface area contributed by atoms with E-state index in [9.17, 15) is 0 Å². The summed E-state index contributed by atoms with van der Waals surface area (Å²) in [6.45, 7) is 3.40. The standard InChI is InChI=1S/C23H28N8/c1-29(2)21-15-20(26-19-7-6-17-4-3-5-18(17)14-19)27-23(28-21)31-12-10-30(11-13-31)22-16-24-8-9-25-22/h6-9,14-16H,3-5,10-13H2,1-2H3,(H,26,27,28).